The number of carboxylic acids is 1. The quantitative estimate of drug-likeness (QED) is 0.785. The average Bonchev–Trinajstić information content (AvgIpc) is 2.50. The number of sulfone groups is 1. The number of hydrogen-bond acceptors (Lipinski definition) is 5. The lowest BCUT2D eigenvalue weighted by Crippen LogP contribution is -2.48. The number of carbonyl (C=O) groups is 1. The molecule has 0 aliphatic carbocycles. The van der Waals surface area contributed by atoms with Crippen molar-refractivity contribution in [1.29, 1.82) is 0 Å². The number of rotatable bonds is 6. The molecule has 1 aliphatic rings. The van der Waals surface area contributed by atoms with Gasteiger partial charge in [-0.3, -0.25) is 0 Å². The molecule has 1 saturated heterocycles. The predicted molar refractivity (Wildman–Crippen MR) is 86.7 cm³/mol. The van der Waals surface area contributed by atoms with E-state index < -0.39 is 33.9 Å². The van der Waals surface area contributed by atoms with E-state index in [0.29, 0.717) is 13.0 Å². The lowest BCUT2D eigenvalue weighted by molar-refractivity contribution is -0.143. The molecule has 0 radical (unpaired) electrons. The molecule has 9 heteroatoms. The number of aliphatic carboxylic acids is 1. The molecule has 0 saturated carbocycles. The molecule has 128 valence electrons. The molecular formula is C14H17Cl2NO5S. The summed E-state index contributed by atoms with van der Waals surface area (Å²) in [6.45, 7) is -0.0589. The zero-order chi connectivity index (χ0) is 17.0. The van der Waals surface area contributed by atoms with Gasteiger partial charge < -0.3 is 15.2 Å². The second-order valence-electron chi connectivity index (χ2n) is 5.23. The van der Waals surface area contributed by atoms with E-state index in [1.54, 1.807) is 0 Å². The van der Waals surface area contributed by atoms with Crippen LogP contribution < -0.4 is 5.32 Å². The van der Waals surface area contributed by atoms with Gasteiger partial charge in [-0.15, -0.1) is 0 Å². The first-order valence-electron chi connectivity index (χ1n) is 7.08. The van der Waals surface area contributed by atoms with E-state index in [1.807, 2.05) is 0 Å². The van der Waals surface area contributed by atoms with Crippen molar-refractivity contribution in [2.24, 2.45) is 0 Å². The number of ether oxygens (including phenoxy) is 1. The van der Waals surface area contributed by atoms with Crippen LogP contribution in [0.5, 0.6) is 0 Å². The molecule has 1 aromatic rings. The molecular weight excluding hydrogens is 365 g/mol. The lowest BCUT2D eigenvalue weighted by Gasteiger charge is -2.30. The minimum Gasteiger partial charge on any atom is -0.480 e. The highest BCUT2D eigenvalue weighted by Crippen LogP contribution is 2.33. The van der Waals surface area contributed by atoms with Crippen LogP contribution >= 0.6 is 23.2 Å². The molecule has 0 amide bonds. The molecule has 23 heavy (non-hydrogen) atoms. The Labute approximate surface area is 144 Å². The van der Waals surface area contributed by atoms with Gasteiger partial charge in [-0.2, -0.15) is 0 Å². The fourth-order valence-electron chi connectivity index (χ4n) is 2.52. The molecule has 1 fully saturated rings. The third-order valence-electron chi connectivity index (χ3n) is 3.58. The largest absolute Gasteiger partial charge is 0.480 e. The zero-order valence-electron chi connectivity index (χ0n) is 12.2. The summed E-state index contributed by atoms with van der Waals surface area (Å²) in [6.07, 6.45) is 2.34. The Kier molecular flexibility index (Phi) is 6.27. The molecule has 1 heterocycles. The van der Waals surface area contributed by atoms with E-state index in [9.17, 15) is 13.2 Å². The second-order valence-corrected chi connectivity index (χ2v) is 8.01. The first-order valence-corrected chi connectivity index (χ1v) is 9.39. The van der Waals surface area contributed by atoms with Crippen LogP contribution in [0.2, 0.25) is 10.0 Å². The van der Waals surface area contributed by atoms with E-state index in [1.165, 1.54) is 18.2 Å². The molecule has 2 unspecified atom stereocenters. The molecule has 0 spiro atoms. The van der Waals surface area contributed by atoms with Crippen LogP contribution in [0.1, 0.15) is 19.3 Å². The number of piperidine rings is 1. The molecule has 1 aliphatic heterocycles. The van der Waals surface area contributed by atoms with Gasteiger partial charge in [0.15, 0.2) is 5.44 Å². The van der Waals surface area contributed by atoms with Crippen LogP contribution in [0.15, 0.2) is 23.1 Å². The minimum absolute atomic E-state index is 0.0890. The number of carboxylic acid groups (broad SMARTS) is 1. The van der Waals surface area contributed by atoms with Gasteiger partial charge in [0.25, 0.3) is 0 Å². The van der Waals surface area contributed by atoms with Crippen molar-refractivity contribution >= 4 is 39.0 Å². The Morgan fingerprint density at radius 2 is 2.13 bits per heavy atom. The van der Waals surface area contributed by atoms with E-state index in [2.05, 4.69) is 5.32 Å². The third-order valence-corrected chi connectivity index (χ3v) is 6.54. The molecule has 6 nitrogen and oxygen atoms in total. The Morgan fingerprint density at radius 3 is 2.74 bits per heavy atom. The Bertz CT molecular complexity index is 674. The molecule has 0 bridgehead atoms. The predicted octanol–water partition coefficient (Wildman–Crippen LogP) is 2.34. The van der Waals surface area contributed by atoms with Crippen molar-refractivity contribution in [3.8, 4) is 0 Å². The SMILES string of the molecule is O=C(O)COC(C1CCCCN1)S(=O)(=O)c1cccc(Cl)c1Cl. The summed E-state index contributed by atoms with van der Waals surface area (Å²) < 4.78 is 31.0. The summed E-state index contributed by atoms with van der Waals surface area (Å²) in [5.74, 6) is -1.24. The van der Waals surface area contributed by atoms with Gasteiger partial charge in [0.2, 0.25) is 9.84 Å². The Balaban J connectivity index is 2.38. The van der Waals surface area contributed by atoms with Crippen LogP contribution in [0, 0.1) is 0 Å². The van der Waals surface area contributed by atoms with Crippen LogP contribution in [0.4, 0.5) is 0 Å². The summed E-state index contributed by atoms with van der Waals surface area (Å²) >= 11 is 11.9. The lowest BCUT2D eigenvalue weighted by atomic mass is 10.1. The number of halogens is 2. The molecule has 2 rings (SSSR count). The van der Waals surface area contributed by atoms with Gasteiger partial charge in [-0.1, -0.05) is 35.7 Å². The third kappa shape index (κ3) is 4.36. The molecule has 0 aromatic heterocycles. The van der Waals surface area contributed by atoms with Crippen LogP contribution in [-0.4, -0.2) is 44.1 Å². The van der Waals surface area contributed by atoms with Crippen LogP contribution in [0.3, 0.4) is 0 Å². The topological polar surface area (TPSA) is 92.7 Å². The van der Waals surface area contributed by atoms with Crippen molar-refractivity contribution in [3.63, 3.8) is 0 Å². The summed E-state index contributed by atoms with van der Waals surface area (Å²) in [5.41, 5.74) is -1.34. The van der Waals surface area contributed by atoms with E-state index in [4.69, 9.17) is 33.0 Å². The average molecular weight is 382 g/mol. The van der Waals surface area contributed by atoms with Crippen molar-refractivity contribution in [2.75, 3.05) is 13.2 Å². The number of benzene rings is 1. The normalized spacial score (nSPS) is 20.2. The Hall–Kier alpha value is -0.860. The summed E-state index contributed by atoms with van der Waals surface area (Å²) in [6, 6.07) is 3.80. The van der Waals surface area contributed by atoms with Gasteiger partial charge in [0.1, 0.15) is 6.61 Å². The maximum atomic E-state index is 12.9. The van der Waals surface area contributed by atoms with Crippen molar-refractivity contribution in [2.45, 2.75) is 35.6 Å². The van der Waals surface area contributed by atoms with E-state index in [-0.39, 0.29) is 14.9 Å². The van der Waals surface area contributed by atoms with Crippen LogP contribution in [-0.2, 0) is 19.4 Å². The van der Waals surface area contributed by atoms with Gasteiger partial charge in [0.05, 0.1) is 14.9 Å². The monoisotopic (exact) mass is 381 g/mol. The van der Waals surface area contributed by atoms with E-state index >= 15 is 0 Å². The van der Waals surface area contributed by atoms with Crippen molar-refractivity contribution in [1.82, 2.24) is 5.32 Å². The fraction of sp³-hybridized carbons (Fsp3) is 0.500. The smallest absolute Gasteiger partial charge is 0.329 e. The summed E-state index contributed by atoms with van der Waals surface area (Å²) in [4.78, 5) is 10.6. The number of hydrogen-bond donors (Lipinski definition) is 2. The fourth-order valence-corrected chi connectivity index (χ4v) is 4.98. The minimum atomic E-state index is -4.01. The molecule has 2 atom stereocenters. The first-order chi connectivity index (χ1) is 10.8. The van der Waals surface area contributed by atoms with Crippen LogP contribution in [0.25, 0.3) is 0 Å². The second kappa shape index (κ2) is 7.81. The number of nitrogens with one attached hydrogen (secondary N) is 1. The van der Waals surface area contributed by atoms with Crippen molar-refractivity contribution < 1.29 is 23.1 Å². The maximum absolute atomic E-state index is 12.9. The standard InChI is InChI=1S/C14H17Cl2NO5S/c15-9-4-3-6-11(13(9)16)23(20,21)14(22-8-12(18)19)10-5-1-2-7-17-10/h3-4,6,10,14,17H,1-2,5,7-8H2,(H,18,19). The summed E-state index contributed by atoms with van der Waals surface area (Å²) in [5, 5.41) is 11.9. The maximum Gasteiger partial charge on any atom is 0.329 e. The zero-order valence-corrected chi connectivity index (χ0v) is 14.5. The highest BCUT2D eigenvalue weighted by Gasteiger charge is 2.38. The summed E-state index contributed by atoms with van der Waals surface area (Å²) in [7, 11) is -4.01. The van der Waals surface area contributed by atoms with Gasteiger partial charge >= 0.3 is 5.97 Å². The first kappa shape index (κ1) is 18.5. The van der Waals surface area contributed by atoms with Gasteiger partial charge in [0, 0.05) is 6.04 Å². The highest BCUT2D eigenvalue weighted by atomic mass is 35.5. The van der Waals surface area contributed by atoms with Gasteiger partial charge in [-0.25, -0.2) is 13.2 Å². The molecule has 1 aromatic carbocycles. The highest BCUT2D eigenvalue weighted by molar-refractivity contribution is 7.92. The Morgan fingerprint density at radius 1 is 1.39 bits per heavy atom. The van der Waals surface area contributed by atoms with E-state index in [0.717, 1.165) is 12.8 Å². The van der Waals surface area contributed by atoms with Crippen molar-refractivity contribution in [3.05, 3.63) is 28.2 Å². The van der Waals surface area contributed by atoms with Gasteiger partial charge in [-0.05, 0) is 31.5 Å². The molecule has 2 N–H and O–H groups in total.